The second kappa shape index (κ2) is 65.9. The molecule has 6 heteroatoms. The number of carbonyl (C=O) groups excluding carboxylic acids is 3. The smallest absolute Gasteiger partial charge is 0.306 e. The van der Waals surface area contributed by atoms with Crippen molar-refractivity contribution in [3.8, 4) is 0 Å². The Morgan fingerprint density at radius 3 is 0.792 bits per heavy atom. The summed E-state index contributed by atoms with van der Waals surface area (Å²) in [6.07, 6.45) is 82.9. The maximum atomic E-state index is 12.9. The minimum atomic E-state index is -0.778. The topological polar surface area (TPSA) is 78.9 Å². The number of rotatable bonds is 63. The molecule has 1 unspecified atom stereocenters. The van der Waals surface area contributed by atoms with E-state index >= 15 is 0 Å². The Balaban J connectivity index is 4.15. The number of esters is 3. The van der Waals surface area contributed by atoms with Gasteiger partial charge in [0.2, 0.25) is 0 Å². The third-order valence-corrected chi connectivity index (χ3v) is 15.3. The van der Waals surface area contributed by atoms with Gasteiger partial charge in [0.15, 0.2) is 6.10 Å². The van der Waals surface area contributed by atoms with E-state index < -0.39 is 6.10 Å². The van der Waals surface area contributed by atoms with E-state index in [9.17, 15) is 14.4 Å². The molecule has 0 radical (unpaired) electrons. The predicted octanol–water partition coefficient (Wildman–Crippen LogP) is 23.3. The first-order valence-corrected chi connectivity index (χ1v) is 34.1. The summed E-state index contributed by atoms with van der Waals surface area (Å²) < 4.78 is 16.9. The molecule has 0 aliphatic heterocycles. The predicted molar refractivity (Wildman–Crippen MR) is 335 cm³/mol. The van der Waals surface area contributed by atoms with E-state index in [0.717, 1.165) is 96.3 Å². The summed E-state index contributed by atoms with van der Waals surface area (Å²) >= 11 is 0. The Morgan fingerprint density at radius 1 is 0.273 bits per heavy atom. The fourth-order valence-corrected chi connectivity index (χ4v) is 10.3. The van der Waals surface area contributed by atoms with Crippen LogP contribution in [0.5, 0.6) is 0 Å². The first kappa shape index (κ1) is 74.4. The number of ether oxygens (including phenoxy) is 3. The summed E-state index contributed by atoms with van der Waals surface area (Å²) in [6.45, 7) is 6.57. The van der Waals surface area contributed by atoms with Gasteiger partial charge in [-0.05, 0) is 57.8 Å². The lowest BCUT2D eigenvalue weighted by molar-refractivity contribution is -0.167. The van der Waals surface area contributed by atoms with Gasteiger partial charge < -0.3 is 14.2 Å². The molecule has 0 amide bonds. The standard InChI is InChI=1S/C71H130O6/c1-4-7-10-13-16-19-22-24-26-28-30-31-32-33-34-35-36-37-38-39-41-42-44-46-49-52-55-58-61-64-70(73)76-67-68(66-75-69(72)63-60-57-54-51-48-21-18-15-12-9-6-3)77-71(74)65-62-59-56-53-50-47-45-43-40-29-27-25-23-20-17-14-11-8-5-2/h8,11,17,20,25,27,40,43,68H,4-7,9-10,12-16,18-19,21-24,26,28-39,41-42,44-67H2,1-3H3/b11-8-,20-17-,27-25-,43-40-. The summed E-state index contributed by atoms with van der Waals surface area (Å²) in [6, 6.07) is 0. The molecule has 0 N–H and O–H groups in total. The van der Waals surface area contributed by atoms with Gasteiger partial charge in [-0.15, -0.1) is 0 Å². The Morgan fingerprint density at radius 2 is 0.506 bits per heavy atom. The van der Waals surface area contributed by atoms with Crippen LogP contribution in [0.4, 0.5) is 0 Å². The van der Waals surface area contributed by atoms with Crippen molar-refractivity contribution in [2.24, 2.45) is 0 Å². The lowest BCUT2D eigenvalue weighted by atomic mass is 10.0. The van der Waals surface area contributed by atoms with Crippen molar-refractivity contribution in [2.75, 3.05) is 13.2 Å². The van der Waals surface area contributed by atoms with Crippen LogP contribution in [0.1, 0.15) is 367 Å². The Bertz CT molecular complexity index is 1330. The highest BCUT2D eigenvalue weighted by atomic mass is 16.6. The quantitative estimate of drug-likeness (QED) is 0.0261. The highest BCUT2D eigenvalue weighted by Gasteiger charge is 2.19. The molecule has 0 aliphatic carbocycles. The van der Waals surface area contributed by atoms with Gasteiger partial charge in [0.1, 0.15) is 13.2 Å². The van der Waals surface area contributed by atoms with Crippen molar-refractivity contribution in [3.05, 3.63) is 48.6 Å². The molecule has 0 aliphatic rings. The SMILES string of the molecule is CC/C=C\C/C=C\C/C=C\C/C=C\CCCCCCCCC(=O)OC(COC(=O)CCCCCCCCCCCCC)COC(=O)CCCCCCCCCCCCCCCCCCCCCCCCCCCCCCC. The zero-order valence-corrected chi connectivity index (χ0v) is 51.7. The van der Waals surface area contributed by atoms with E-state index in [2.05, 4.69) is 69.4 Å². The van der Waals surface area contributed by atoms with Gasteiger partial charge in [-0.3, -0.25) is 14.4 Å². The van der Waals surface area contributed by atoms with E-state index in [1.807, 2.05) is 0 Å². The van der Waals surface area contributed by atoms with Crippen LogP contribution in [0.2, 0.25) is 0 Å². The van der Waals surface area contributed by atoms with Crippen molar-refractivity contribution in [1.82, 2.24) is 0 Å². The van der Waals surface area contributed by atoms with E-state index in [1.54, 1.807) is 0 Å². The van der Waals surface area contributed by atoms with Gasteiger partial charge in [-0.2, -0.15) is 0 Å². The summed E-state index contributed by atoms with van der Waals surface area (Å²) in [7, 11) is 0. The van der Waals surface area contributed by atoms with Crippen molar-refractivity contribution >= 4 is 17.9 Å². The van der Waals surface area contributed by atoms with E-state index in [4.69, 9.17) is 14.2 Å². The highest BCUT2D eigenvalue weighted by Crippen LogP contribution is 2.18. The molecular formula is C71H130O6. The van der Waals surface area contributed by atoms with Crippen LogP contribution in [0.25, 0.3) is 0 Å². The average Bonchev–Trinajstić information content (AvgIpc) is 3.43. The largest absolute Gasteiger partial charge is 0.462 e. The number of carbonyl (C=O) groups is 3. The van der Waals surface area contributed by atoms with Gasteiger partial charge in [-0.1, -0.05) is 339 Å². The van der Waals surface area contributed by atoms with Crippen LogP contribution in [0.3, 0.4) is 0 Å². The molecular weight excluding hydrogens is 949 g/mol. The van der Waals surface area contributed by atoms with Crippen molar-refractivity contribution in [2.45, 2.75) is 374 Å². The number of hydrogen-bond acceptors (Lipinski definition) is 6. The van der Waals surface area contributed by atoms with Crippen LogP contribution in [-0.2, 0) is 28.6 Å². The molecule has 6 nitrogen and oxygen atoms in total. The zero-order valence-electron chi connectivity index (χ0n) is 51.7. The molecule has 0 aromatic rings. The van der Waals surface area contributed by atoms with Gasteiger partial charge in [0, 0.05) is 19.3 Å². The minimum absolute atomic E-state index is 0.0743. The molecule has 0 aromatic carbocycles. The molecule has 0 saturated carbocycles. The van der Waals surface area contributed by atoms with Crippen LogP contribution in [0, 0.1) is 0 Å². The monoisotopic (exact) mass is 1080 g/mol. The lowest BCUT2D eigenvalue weighted by Crippen LogP contribution is -2.30. The third kappa shape index (κ3) is 64.1. The van der Waals surface area contributed by atoms with E-state index in [0.29, 0.717) is 19.3 Å². The fourth-order valence-electron chi connectivity index (χ4n) is 10.3. The highest BCUT2D eigenvalue weighted by molar-refractivity contribution is 5.71. The molecule has 0 fully saturated rings. The summed E-state index contributed by atoms with van der Waals surface area (Å²) in [5.41, 5.74) is 0. The summed E-state index contributed by atoms with van der Waals surface area (Å²) in [5, 5.41) is 0. The molecule has 450 valence electrons. The lowest BCUT2D eigenvalue weighted by Gasteiger charge is -2.18. The van der Waals surface area contributed by atoms with Gasteiger partial charge in [0.25, 0.3) is 0 Å². The number of unbranched alkanes of at least 4 members (excludes halogenated alkanes) is 44. The molecule has 0 rings (SSSR count). The second-order valence-corrected chi connectivity index (χ2v) is 23.1. The van der Waals surface area contributed by atoms with Crippen molar-refractivity contribution in [1.29, 1.82) is 0 Å². The molecule has 0 bridgehead atoms. The minimum Gasteiger partial charge on any atom is -0.462 e. The van der Waals surface area contributed by atoms with Crippen molar-refractivity contribution in [3.63, 3.8) is 0 Å². The first-order chi connectivity index (χ1) is 38.0. The Kier molecular flexibility index (Phi) is 63.6. The normalized spacial score (nSPS) is 12.3. The molecule has 77 heavy (non-hydrogen) atoms. The Labute approximate surface area is 479 Å². The van der Waals surface area contributed by atoms with Crippen LogP contribution >= 0.6 is 0 Å². The maximum Gasteiger partial charge on any atom is 0.306 e. The summed E-state index contributed by atoms with van der Waals surface area (Å²) in [5.74, 6) is -0.866. The molecule has 0 heterocycles. The second-order valence-electron chi connectivity index (χ2n) is 23.1. The third-order valence-electron chi connectivity index (χ3n) is 15.3. The average molecular weight is 1080 g/mol. The number of hydrogen-bond donors (Lipinski definition) is 0. The molecule has 0 aromatic heterocycles. The van der Waals surface area contributed by atoms with Gasteiger partial charge >= 0.3 is 17.9 Å². The zero-order chi connectivity index (χ0) is 55.7. The fraction of sp³-hybridized carbons (Fsp3) is 0.845. The first-order valence-electron chi connectivity index (χ1n) is 34.1. The number of allylic oxidation sites excluding steroid dienone is 8. The van der Waals surface area contributed by atoms with Crippen LogP contribution < -0.4 is 0 Å². The van der Waals surface area contributed by atoms with E-state index in [1.165, 1.54) is 231 Å². The van der Waals surface area contributed by atoms with Crippen molar-refractivity contribution < 1.29 is 28.6 Å². The molecule has 0 saturated heterocycles. The maximum absolute atomic E-state index is 12.9. The van der Waals surface area contributed by atoms with Crippen LogP contribution in [-0.4, -0.2) is 37.2 Å². The van der Waals surface area contributed by atoms with E-state index in [-0.39, 0.29) is 31.1 Å². The van der Waals surface area contributed by atoms with Crippen LogP contribution in [0.15, 0.2) is 48.6 Å². The molecule has 0 spiro atoms. The van der Waals surface area contributed by atoms with Gasteiger partial charge in [0.05, 0.1) is 0 Å². The Hall–Kier alpha value is -2.63. The molecule has 1 atom stereocenters. The summed E-state index contributed by atoms with van der Waals surface area (Å²) in [4.78, 5) is 38.3. The van der Waals surface area contributed by atoms with Gasteiger partial charge in [-0.25, -0.2) is 0 Å².